The van der Waals surface area contributed by atoms with Gasteiger partial charge >= 0.3 is 5.97 Å². The fourth-order valence-electron chi connectivity index (χ4n) is 2.10. The van der Waals surface area contributed by atoms with E-state index < -0.39 is 5.97 Å². The van der Waals surface area contributed by atoms with Crippen LogP contribution in [0.3, 0.4) is 0 Å². The summed E-state index contributed by atoms with van der Waals surface area (Å²) in [4.78, 5) is 15.4. The third-order valence-corrected chi connectivity index (χ3v) is 2.94. The number of aromatic carboxylic acids is 1. The summed E-state index contributed by atoms with van der Waals surface area (Å²) in [6.07, 6.45) is 3.62. The molecule has 0 unspecified atom stereocenters. The standard InChI is InChI=1S/C11H10N2O3/c1-5-8(11(14)15)9(6-2-3-6)7-4-12-16-10(7)13-5/h4,6H,2-3H2,1H3,(H,14,15). The molecule has 1 aliphatic carbocycles. The second-order valence-corrected chi connectivity index (χ2v) is 4.11. The molecule has 2 aromatic heterocycles. The molecule has 0 saturated heterocycles. The predicted molar refractivity (Wildman–Crippen MR) is 55.5 cm³/mol. The first kappa shape index (κ1) is 9.33. The van der Waals surface area contributed by atoms with Gasteiger partial charge < -0.3 is 9.63 Å². The lowest BCUT2D eigenvalue weighted by molar-refractivity contribution is 0.0694. The molecule has 0 amide bonds. The van der Waals surface area contributed by atoms with E-state index in [0.29, 0.717) is 22.9 Å². The third kappa shape index (κ3) is 1.21. The minimum atomic E-state index is -0.921. The van der Waals surface area contributed by atoms with E-state index in [1.54, 1.807) is 13.1 Å². The van der Waals surface area contributed by atoms with Gasteiger partial charge in [0.25, 0.3) is 5.71 Å². The summed E-state index contributed by atoms with van der Waals surface area (Å²) in [5.41, 5.74) is 2.09. The number of carboxylic acids is 1. The molecular formula is C11H10N2O3. The fourth-order valence-corrected chi connectivity index (χ4v) is 2.10. The number of fused-ring (bicyclic) bond motifs is 1. The maximum absolute atomic E-state index is 11.2. The first-order chi connectivity index (χ1) is 7.68. The Balaban J connectivity index is 2.40. The van der Waals surface area contributed by atoms with Crippen LogP contribution in [0.25, 0.3) is 11.1 Å². The van der Waals surface area contributed by atoms with Crippen LogP contribution in [0.4, 0.5) is 0 Å². The van der Waals surface area contributed by atoms with Gasteiger partial charge in [0.1, 0.15) is 0 Å². The lowest BCUT2D eigenvalue weighted by Crippen LogP contribution is -2.07. The minimum absolute atomic E-state index is 0.318. The highest BCUT2D eigenvalue weighted by Crippen LogP contribution is 2.45. The quantitative estimate of drug-likeness (QED) is 0.835. The van der Waals surface area contributed by atoms with Crippen LogP contribution in [0.15, 0.2) is 10.7 Å². The van der Waals surface area contributed by atoms with E-state index in [2.05, 4.69) is 10.1 Å². The maximum atomic E-state index is 11.2. The van der Waals surface area contributed by atoms with Crippen LogP contribution >= 0.6 is 0 Å². The molecule has 2 aromatic rings. The number of carboxylic acid groups (broad SMARTS) is 1. The summed E-state index contributed by atoms with van der Waals surface area (Å²) in [7, 11) is 0. The molecule has 3 rings (SSSR count). The van der Waals surface area contributed by atoms with Crippen molar-refractivity contribution in [2.24, 2.45) is 0 Å². The molecule has 1 fully saturated rings. The fraction of sp³-hybridized carbons (Fsp3) is 0.364. The Bertz CT molecular complexity index is 584. The lowest BCUT2D eigenvalue weighted by Gasteiger charge is -2.07. The minimum Gasteiger partial charge on any atom is -0.478 e. The zero-order valence-electron chi connectivity index (χ0n) is 8.73. The van der Waals surface area contributed by atoms with E-state index in [4.69, 9.17) is 4.52 Å². The number of hydrogen-bond donors (Lipinski definition) is 1. The smallest absolute Gasteiger partial charge is 0.337 e. The van der Waals surface area contributed by atoms with E-state index in [0.717, 1.165) is 23.8 Å². The second-order valence-electron chi connectivity index (χ2n) is 4.11. The van der Waals surface area contributed by atoms with Gasteiger partial charge in [0.2, 0.25) is 0 Å². The molecule has 1 N–H and O–H groups in total. The molecule has 1 aliphatic rings. The number of nitrogens with zero attached hydrogens (tertiary/aromatic N) is 2. The zero-order chi connectivity index (χ0) is 11.3. The van der Waals surface area contributed by atoms with Gasteiger partial charge in [-0.25, -0.2) is 9.78 Å². The Morgan fingerprint density at radius 1 is 1.56 bits per heavy atom. The number of aromatic nitrogens is 2. The van der Waals surface area contributed by atoms with E-state index >= 15 is 0 Å². The van der Waals surface area contributed by atoms with E-state index in [-0.39, 0.29) is 0 Å². The van der Waals surface area contributed by atoms with Crippen LogP contribution in [-0.2, 0) is 0 Å². The van der Waals surface area contributed by atoms with Gasteiger partial charge in [-0.2, -0.15) is 0 Å². The van der Waals surface area contributed by atoms with Crippen LogP contribution in [0, 0.1) is 6.92 Å². The summed E-state index contributed by atoms with van der Waals surface area (Å²) < 4.78 is 5.00. The number of pyridine rings is 1. The Morgan fingerprint density at radius 3 is 2.94 bits per heavy atom. The highest BCUT2D eigenvalue weighted by molar-refractivity contribution is 5.96. The molecule has 0 spiro atoms. The molecular weight excluding hydrogens is 208 g/mol. The molecule has 0 bridgehead atoms. The van der Waals surface area contributed by atoms with Gasteiger partial charge in [0.15, 0.2) is 0 Å². The largest absolute Gasteiger partial charge is 0.478 e. The first-order valence-electron chi connectivity index (χ1n) is 5.16. The van der Waals surface area contributed by atoms with Crippen molar-refractivity contribution in [2.45, 2.75) is 25.7 Å². The second kappa shape index (κ2) is 3.04. The van der Waals surface area contributed by atoms with Gasteiger partial charge in [-0.3, -0.25) is 0 Å². The molecule has 0 aliphatic heterocycles. The normalized spacial score (nSPS) is 15.6. The highest BCUT2D eigenvalue weighted by Gasteiger charge is 2.32. The SMILES string of the molecule is Cc1nc2oncc2c(C2CC2)c1C(=O)O. The molecule has 82 valence electrons. The molecule has 0 atom stereocenters. The van der Waals surface area contributed by atoms with Crippen LogP contribution < -0.4 is 0 Å². The molecule has 0 aromatic carbocycles. The summed E-state index contributed by atoms with van der Waals surface area (Å²) in [6, 6.07) is 0. The number of aryl methyl sites for hydroxylation is 1. The van der Waals surface area contributed by atoms with E-state index in [9.17, 15) is 9.90 Å². The molecule has 2 heterocycles. The van der Waals surface area contributed by atoms with E-state index in [1.165, 1.54) is 0 Å². The Labute approximate surface area is 91.1 Å². The summed E-state index contributed by atoms with van der Waals surface area (Å²) in [6.45, 7) is 1.69. The van der Waals surface area contributed by atoms with Crippen molar-refractivity contribution in [3.8, 4) is 0 Å². The van der Waals surface area contributed by atoms with Gasteiger partial charge in [-0.1, -0.05) is 5.16 Å². The van der Waals surface area contributed by atoms with Crippen molar-refractivity contribution in [3.05, 3.63) is 23.0 Å². The van der Waals surface area contributed by atoms with Gasteiger partial charge in [0.05, 0.1) is 22.8 Å². The Morgan fingerprint density at radius 2 is 2.31 bits per heavy atom. The number of carbonyl (C=O) groups is 1. The summed E-state index contributed by atoms with van der Waals surface area (Å²) in [5.74, 6) is -0.593. The van der Waals surface area contributed by atoms with Crippen molar-refractivity contribution in [1.82, 2.24) is 10.1 Å². The van der Waals surface area contributed by atoms with Gasteiger partial charge in [-0.15, -0.1) is 0 Å². The molecule has 5 nitrogen and oxygen atoms in total. The van der Waals surface area contributed by atoms with Gasteiger partial charge in [0, 0.05) is 0 Å². The van der Waals surface area contributed by atoms with Crippen molar-refractivity contribution in [3.63, 3.8) is 0 Å². The summed E-state index contributed by atoms with van der Waals surface area (Å²) >= 11 is 0. The van der Waals surface area contributed by atoms with Crippen molar-refractivity contribution in [2.75, 3.05) is 0 Å². The zero-order valence-corrected chi connectivity index (χ0v) is 8.73. The van der Waals surface area contributed by atoms with Crippen LogP contribution in [0.1, 0.15) is 40.4 Å². The first-order valence-corrected chi connectivity index (χ1v) is 5.16. The number of hydrogen-bond acceptors (Lipinski definition) is 4. The maximum Gasteiger partial charge on any atom is 0.337 e. The predicted octanol–water partition coefficient (Wildman–Crippen LogP) is 2.11. The number of rotatable bonds is 2. The third-order valence-electron chi connectivity index (χ3n) is 2.94. The molecule has 16 heavy (non-hydrogen) atoms. The van der Waals surface area contributed by atoms with Crippen LogP contribution in [-0.4, -0.2) is 21.2 Å². The van der Waals surface area contributed by atoms with Crippen LogP contribution in [0.5, 0.6) is 0 Å². The van der Waals surface area contributed by atoms with E-state index in [1.807, 2.05) is 0 Å². The topological polar surface area (TPSA) is 76.2 Å². The summed E-state index contributed by atoms with van der Waals surface area (Å²) in [5, 5.41) is 13.7. The van der Waals surface area contributed by atoms with Crippen molar-refractivity contribution >= 4 is 17.1 Å². The Kier molecular flexibility index (Phi) is 1.77. The molecule has 1 saturated carbocycles. The lowest BCUT2D eigenvalue weighted by atomic mass is 10.00. The molecule has 5 heteroatoms. The Hall–Kier alpha value is -1.91. The average Bonchev–Trinajstić information content (AvgIpc) is 2.95. The van der Waals surface area contributed by atoms with Gasteiger partial charge in [-0.05, 0) is 31.2 Å². The van der Waals surface area contributed by atoms with Crippen molar-refractivity contribution < 1.29 is 14.4 Å². The highest BCUT2D eigenvalue weighted by atomic mass is 16.5. The van der Waals surface area contributed by atoms with Crippen molar-refractivity contribution in [1.29, 1.82) is 0 Å². The van der Waals surface area contributed by atoms with Crippen LogP contribution in [0.2, 0.25) is 0 Å². The molecule has 0 radical (unpaired) electrons. The monoisotopic (exact) mass is 218 g/mol. The average molecular weight is 218 g/mol.